The van der Waals surface area contributed by atoms with E-state index in [9.17, 15) is 0 Å². The first kappa shape index (κ1) is 12.1. The molecular formula is C13H14N2S2. The van der Waals surface area contributed by atoms with E-state index in [1.807, 2.05) is 24.3 Å². The van der Waals surface area contributed by atoms with Crippen LogP contribution < -0.4 is 11.1 Å². The van der Waals surface area contributed by atoms with Crippen molar-refractivity contribution in [3.05, 3.63) is 51.7 Å². The van der Waals surface area contributed by atoms with Crippen molar-refractivity contribution in [2.45, 2.75) is 13.5 Å². The zero-order valence-corrected chi connectivity index (χ0v) is 11.2. The first-order valence-electron chi connectivity index (χ1n) is 5.34. The summed E-state index contributed by atoms with van der Waals surface area (Å²) < 4.78 is 0. The van der Waals surface area contributed by atoms with E-state index >= 15 is 0 Å². The summed E-state index contributed by atoms with van der Waals surface area (Å²) in [5.74, 6) is 0. The minimum absolute atomic E-state index is 0.427. The van der Waals surface area contributed by atoms with Crippen molar-refractivity contribution in [3.63, 3.8) is 0 Å². The second kappa shape index (κ2) is 5.29. The molecule has 0 spiro atoms. The van der Waals surface area contributed by atoms with Gasteiger partial charge >= 0.3 is 0 Å². The Morgan fingerprint density at radius 3 is 2.76 bits per heavy atom. The summed E-state index contributed by atoms with van der Waals surface area (Å²) in [7, 11) is 0. The van der Waals surface area contributed by atoms with Crippen LogP contribution in [0.15, 0.2) is 35.7 Å². The highest BCUT2D eigenvalue weighted by Gasteiger charge is 2.05. The van der Waals surface area contributed by atoms with Gasteiger partial charge in [-0.3, -0.25) is 0 Å². The predicted molar refractivity (Wildman–Crippen MR) is 78.7 cm³/mol. The Morgan fingerprint density at radius 1 is 1.35 bits per heavy atom. The van der Waals surface area contributed by atoms with Crippen LogP contribution in [-0.2, 0) is 6.54 Å². The summed E-state index contributed by atoms with van der Waals surface area (Å²) in [5, 5.41) is 5.48. The summed E-state index contributed by atoms with van der Waals surface area (Å²) in [6.45, 7) is 2.93. The SMILES string of the molecule is Cc1ccsc1CNc1ccccc1C(N)=S. The fraction of sp³-hybridized carbons (Fsp3) is 0.154. The number of hydrogen-bond donors (Lipinski definition) is 2. The Bertz CT molecular complexity index is 532. The second-order valence-corrected chi connectivity index (χ2v) is 5.23. The van der Waals surface area contributed by atoms with Gasteiger partial charge in [-0.25, -0.2) is 0 Å². The van der Waals surface area contributed by atoms with Crippen LogP contribution in [0.1, 0.15) is 16.0 Å². The molecule has 0 saturated carbocycles. The zero-order chi connectivity index (χ0) is 12.3. The first-order chi connectivity index (χ1) is 8.18. The molecule has 2 rings (SSSR count). The van der Waals surface area contributed by atoms with Gasteiger partial charge in [0.1, 0.15) is 4.99 Å². The number of anilines is 1. The molecule has 0 aliphatic heterocycles. The summed E-state index contributed by atoms with van der Waals surface area (Å²) in [5.41, 5.74) is 8.90. The smallest absolute Gasteiger partial charge is 0.106 e. The van der Waals surface area contributed by atoms with E-state index in [0.29, 0.717) is 4.99 Å². The highest BCUT2D eigenvalue weighted by molar-refractivity contribution is 7.80. The topological polar surface area (TPSA) is 38.0 Å². The molecule has 0 bridgehead atoms. The maximum absolute atomic E-state index is 5.69. The number of benzene rings is 1. The lowest BCUT2D eigenvalue weighted by molar-refractivity contribution is 1.16. The first-order valence-corrected chi connectivity index (χ1v) is 6.63. The van der Waals surface area contributed by atoms with Crippen LogP contribution in [0.4, 0.5) is 5.69 Å². The Hall–Kier alpha value is -1.39. The van der Waals surface area contributed by atoms with Crippen molar-refractivity contribution < 1.29 is 0 Å². The molecule has 1 heterocycles. The van der Waals surface area contributed by atoms with Crippen LogP contribution in [0, 0.1) is 6.92 Å². The molecule has 2 nitrogen and oxygen atoms in total. The number of rotatable bonds is 4. The average molecular weight is 262 g/mol. The van der Waals surface area contributed by atoms with Crippen molar-refractivity contribution in [2.24, 2.45) is 5.73 Å². The van der Waals surface area contributed by atoms with Gasteiger partial charge in [-0.2, -0.15) is 0 Å². The van der Waals surface area contributed by atoms with Crippen LogP contribution in [0.2, 0.25) is 0 Å². The summed E-state index contributed by atoms with van der Waals surface area (Å²) in [6.07, 6.45) is 0. The van der Waals surface area contributed by atoms with Crippen molar-refractivity contribution in [2.75, 3.05) is 5.32 Å². The molecule has 0 aliphatic carbocycles. The predicted octanol–water partition coefficient (Wildman–Crippen LogP) is 3.30. The molecule has 0 unspecified atom stereocenters. The molecule has 17 heavy (non-hydrogen) atoms. The second-order valence-electron chi connectivity index (χ2n) is 3.79. The maximum atomic E-state index is 5.69. The van der Waals surface area contributed by atoms with Crippen LogP contribution in [0.3, 0.4) is 0 Å². The zero-order valence-electron chi connectivity index (χ0n) is 9.57. The number of thiophene rings is 1. The van der Waals surface area contributed by atoms with Gasteiger partial charge in [0.2, 0.25) is 0 Å². The highest BCUT2D eigenvalue weighted by Crippen LogP contribution is 2.20. The van der Waals surface area contributed by atoms with Crippen molar-refractivity contribution in [3.8, 4) is 0 Å². The number of nitrogens with one attached hydrogen (secondary N) is 1. The van der Waals surface area contributed by atoms with Crippen molar-refractivity contribution >= 4 is 34.2 Å². The molecular weight excluding hydrogens is 248 g/mol. The van der Waals surface area contributed by atoms with Gasteiger partial charge < -0.3 is 11.1 Å². The fourth-order valence-corrected chi connectivity index (χ4v) is 2.64. The number of thiocarbonyl (C=S) groups is 1. The van der Waals surface area contributed by atoms with E-state index < -0.39 is 0 Å². The maximum Gasteiger partial charge on any atom is 0.106 e. The molecule has 88 valence electrons. The largest absolute Gasteiger partial charge is 0.389 e. The van der Waals surface area contributed by atoms with Gasteiger partial charge in [0, 0.05) is 22.7 Å². The van der Waals surface area contributed by atoms with E-state index in [-0.39, 0.29) is 0 Å². The Morgan fingerprint density at radius 2 is 2.12 bits per heavy atom. The third-order valence-corrected chi connectivity index (χ3v) is 3.84. The number of para-hydroxylation sites is 1. The van der Waals surface area contributed by atoms with Crippen LogP contribution in [0.25, 0.3) is 0 Å². The monoisotopic (exact) mass is 262 g/mol. The summed E-state index contributed by atoms with van der Waals surface area (Å²) in [6, 6.07) is 9.98. The molecule has 0 saturated heterocycles. The van der Waals surface area contributed by atoms with E-state index in [2.05, 4.69) is 23.7 Å². The Kier molecular flexibility index (Phi) is 3.76. The molecule has 0 fully saturated rings. The van der Waals surface area contributed by atoms with Crippen LogP contribution in [-0.4, -0.2) is 4.99 Å². The van der Waals surface area contributed by atoms with Gasteiger partial charge in [-0.15, -0.1) is 11.3 Å². The lowest BCUT2D eigenvalue weighted by atomic mass is 10.1. The minimum atomic E-state index is 0.427. The van der Waals surface area contributed by atoms with E-state index in [4.69, 9.17) is 18.0 Å². The molecule has 3 N–H and O–H groups in total. The van der Waals surface area contributed by atoms with Crippen LogP contribution >= 0.6 is 23.6 Å². The average Bonchev–Trinajstić information content (AvgIpc) is 2.72. The van der Waals surface area contributed by atoms with Gasteiger partial charge in [0.25, 0.3) is 0 Å². The fourth-order valence-electron chi connectivity index (χ4n) is 1.61. The number of aryl methyl sites for hydroxylation is 1. The summed E-state index contributed by atoms with van der Waals surface area (Å²) >= 11 is 6.79. The van der Waals surface area contributed by atoms with E-state index in [1.165, 1.54) is 10.4 Å². The molecule has 4 heteroatoms. The Labute approximate surface area is 110 Å². The van der Waals surface area contributed by atoms with Gasteiger partial charge in [-0.1, -0.05) is 24.4 Å². The standard InChI is InChI=1S/C13H14N2S2/c1-9-6-7-17-12(9)8-15-11-5-3-2-4-10(11)13(14)16/h2-7,15H,8H2,1H3,(H2,14,16). The van der Waals surface area contributed by atoms with Gasteiger partial charge in [0.15, 0.2) is 0 Å². The van der Waals surface area contributed by atoms with Gasteiger partial charge in [-0.05, 0) is 36.1 Å². The third kappa shape index (κ3) is 2.84. The van der Waals surface area contributed by atoms with E-state index in [1.54, 1.807) is 11.3 Å². The number of nitrogens with two attached hydrogens (primary N) is 1. The molecule has 0 atom stereocenters. The highest BCUT2D eigenvalue weighted by atomic mass is 32.1. The Balaban J connectivity index is 2.14. The molecule has 2 aromatic rings. The molecule has 1 aromatic carbocycles. The normalized spacial score (nSPS) is 10.2. The molecule has 1 aromatic heterocycles. The molecule has 0 aliphatic rings. The van der Waals surface area contributed by atoms with Crippen molar-refractivity contribution in [1.29, 1.82) is 0 Å². The minimum Gasteiger partial charge on any atom is -0.389 e. The summed E-state index contributed by atoms with van der Waals surface area (Å²) in [4.78, 5) is 1.76. The number of hydrogen-bond acceptors (Lipinski definition) is 3. The molecule has 0 radical (unpaired) electrons. The van der Waals surface area contributed by atoms with Crippen molar-refractivity contribution in [1.82, 2.24) is 0 Å². The van der Waals surface area contributed by atoms with E-state index in [0.717, 1.165) is 17.8 Å². The lowest BCUT2D eigenvalue weighted by Crippen LogP contribution is -2.12. The van der Waals surface area contributed by atoms with Gasteiger partial charge in [0.05, 0.1) is 0 Å². The quantitative estimate of drug-likeness (QED) is 0.830. The van der Waals surface area contributed by atoms with Crippen LogP contribution in [0.5, 0.6) is 0 Å². The third-order valence-electron chi connectivity index (χ3n) is 2.60. The lowest BCUT2D eigenvalue weighted by Gasteiger charge is -2.10. The molecule has 0 amide bonds.